The Morgan fingerprint density at radius 2 is 1.85 bits per heavy atom. The Morgan fingerprint density at radius 1 is 1.05 bits per heavy atom. The van der Waals surface area contributed by atoms with Gasteiger partial charge in [-0.2, -0.15) is 0 Å². The van der Waals surface area contributed by atoms with Crippen LogP contribution in [0.3, 0.4) is 0 Å². The van der Waals surface area contributed by atoms with Gasteiger partial charge in [0, 0.05) is 5.02 Å². The minimum Gasteiger partial charge on any atom is -0.497 e. The van der Waals surface area contributed by atoms with Crippen LogP contribution < -0.4 is 4.74 Å². The van der Waals surface area contributed by atoms with Crippen molar-refractivity contribution in [3.8, 4) is 5.75 Å². The van der Waals surface area contributed by atoms with Gasteiger partial charge in [0.05, 0.1) is 12.7 Å². The highest BCUT2D eigenvalue weighted by Gasteiger charge is 2.13. The van der Waals surface area contributed by atoms with E-state index in [1.807, 2.05) is 18.2 Å². The average Bonchev–Trinajstić information content (AvgIpc) is 2.45. The van der Waals surface area contributed by atoms with Crippen molar-refractivity contribution < 1.29 is 14.6 Å². The highest BCUT2D eigenvalue weighted by molar-refractivity contribution is 6.32. The van der Waals surface area contributed by atoms with Crippen LogP contribution in [0.4, 0.5) is 0 Å². The summed E-state index contributed by atoms with van der Waals surface area (Å²) in [5.41, 5.74) is 0.275. The lowest BCUT2D eigenvalue weighted by molar-refractivity contribution is 0.0699. The maximum Gasteiger partial charge on any atom is 0.336 e. The first kappa shape index (κ1) is 12.8. The van der Waals surface area contributed by atoms with E-state index in [1.54, 1.807) is 31.4 Å². The minimum absolute atomic E-state index is 0.275. The number of carboxylic acid groups (broad SMARTS) is 1. The fourth-order valence-corrected chi connectivity index (χ4v) is 2.58. The molecule has 3 nitrogen and oxygen atoms in total. The van der Waals surface area contributed by atoms with E-state index in [1.165, 1.54) is 0 Å². The Hall–Kier alpha value is -2.26. The summed E-state index contributed by atoms with van der Waals surface area (Å²) in [7, 11) is 1.58. The predicted octanol–water partition coefficient (Wildman–Crippen LogP) is 4.35. The van der Waals surface area contributed by atoms with Gasteiger partial charge in [0.25, 0.3) is 0 Å². The van der Waals surface area contributed by atoms with Gasteiger partial charge in [-0.15, -0.1) is 0 Å². The third-order valence-electron chi connectivity index (χ3n) is 3.35. The van der Waals surface area contributed by atoms with Gasteiger partial charge in [0.15, 0.2) is 0 Å². The highest BCUT2D eigenvalue weighted by Crippen LogP contribution is 2.33. The lowest BCUT2D eigenvalue weighted by atomic mass is 9.97. The van der Waals surface area contributed by atoms with Crippen LogP contribution >= 0.6 is 11.6 Å². The molecule has 4 heteroatoms. The molecule has 3 aromatic rings. The van der Waals surface area contributed by atoms with Crippen molar-refractivity contribution in [1.82, 2.24) is 0 Å². The highest BCUT2D eigenvalue weighted by atomic mass is 35.5. The molecule has 100 valence electrons. The van der Waals surface area contributed by atoms with Crippen LogP contribution in [-0.2, 0) is 0 Å². The van der Waals surface area contributed by atoms with Gasteiger partial charge < -0.3 is 9.84 Å². The van der Waals surface area contributed by atoms with Crippen molar-refractivity contribution in [3.63, 3.8) is 0 Å². The normalized spacial score (nSPS) is 10.9. The first-order valence-electron chi connectivity index (χ1n) is 6.03. The minimum atomic E-state index is -0.947. The number of halogens is 1. The molecular weight excluding hydrogens is 276 g/mol. The lowest BCUT2D eigenvalue weighted by Gasteiger charge is -2.10. The molecule has 3 rings (SSSR count). The van der Waals surface area contributed by atoms with E-state index < -0.39 is 5.97 Å². The molecule has 0 bridgehead atoms. The molecule has 0 unspecified atom stereocenters. The van der Waals surface area contributed by atoms with E-state index in [0.717, 1.165) is 16.2 Å². The Labute approximate surface area is 120 Å². The molecule has 20 heavy (non-hydrogen) atoms. The molecule has 0 aliphatic rings. The molecule has 0 saturated heterocycles. The quantitative estimate of drug-likeness (QED) is 0.712. The fraction of sp³-hybridized carbons (Fsp3) is 0.0625. The van der Waals surface area contributed by atoms with Gasteiger partial charge in [-0.3, -0.25) is 0 Å². The number of rotatable bonds is 2. The molecule has 0 spiro atoms. The second-order valence-electron chi connectivity index (χ2n) is 4.51. The standard InChI is InChI=1S/C16H11ClO3/c1-20-11-4-5-12-14(8-11)13-7-10(17)3-2-9(13)6-15(12)16(18)19/h2-8H,1H3,(H,18,19). The summed E-state index contributed by atoms with van der Waals surface area (Å²) >= 11 is 6.05. The monoisotopic (exact) mass is 286 g/mol. The molecule has 0 heterocycles. The molecule has 0 radical (unpaired) electrons. The number of aromatic carboxylic acids is 1. The first-order chi connectivity index (χ1) is 9.60. The Balaban J connectivity index is 2.53. The molecule has 3 aromatic carbocycles. The van der Waals surface area contributed by atoms with E-state index in [4.69, 9.17) is 16.3 Å². The second-order valence-corrected chi connectivity index (χ2v) is 4.94. The molecular formula is C16H11ClO3. The molecule has 0 atom stereocenters. The lowest BCUT2D eigenvalue weighted by Crippen LogP contribution is -1.98. The molecule has 0 aliphatic heterocycles. The molecule has 0 aliphatic carbocycles. The SMILES string of the molecule is COc1ccc2c(C(=O)O)cc3ccc(Cl)cc3c2c1. The van der Waals surface area contributed by atoms with E-state index in [0.29, 0.717) is 16.2 Å². The van der Waals surface area contributed by atoms with E-state index in [2.05, 4.69) is 0 Å². The van der Waals surface area contributed by atoms with E-state index in [-0.39, 0.29) is 5.56 Å². The van der Waals surface area contributed by atoms with Gasteiger partial charge in [0.2, 0.25) is 0 Å². The van der Waals surface area contributed by atoms with Gasteiger partial charge >= 0.3 is 5.97 Å². The third-order valence-corrected chi connectivity index (χ3v) is 3.59. The Kier molecular flexibility index (Phi) is 2.99. The number of methoxy groups -OCH3 is 1. The van der Waals surface area contributed by atoms with Crippen molar-refractivity contribution in [2.45, 2.75) is 0 Å². The number of fused-ring (bicyclic) bond motifs is 3. The number of carboxylic acids is 1. The van der Waals surface area contributed by atoms with Crippen LogP contribution in [0.15, 0.2) is 42.5 Å². The predicted molar refractivity (Wildman–Crippen MR) is 80.0 cm³/mol. The average molecular weight is 287 g/mol. The van der Waals surface area contributed by atoms with Crippen LogP contribution in [0.1, 0.15) is 10.4 Å². The van der Waals surface area contributed by atoms with Crippen LogP contribution in [0, 0.1) is 0 Å². The van der Waals surface area contributed by atoms with Crippen LogP contribution in [-0.4, -0.2) is 18.2 Å². The summed E-state index contributed by atoms with van der Waals surface area (Å²) in [6.07, 6.45) is 0. The zero-order chi connectivity index (χ0) is 14.3. The second kappa shape index (κ2) is 4.69. The molecule has 0 fully saturated rings. The largest absolute Gasteiger partial charge is 0.497 e. The van der Waals surface area contributed by atoms with E-state index in [9.17, 15) is 9.90 Å². The number of carbonyl (C=O) groups is 1. The maximum atomic E-state index is 11.4. The molecule has 0 aromatic heterocycles. The zero-order valence-electron chi connectivity index (χ0n) is 10.7. The van der Waals surface area contributed by atoms with Crippen LogP contribution in [0.25, 0.3) is 21.5 Å². The van der Waals surface area contributed by atoms with Gasteiger partial charge in [-0.1, -0.05) is 17.7 Å². The van der Waals surface area contributed by atoms with Crippen molar-refractivity contribution >= 4 is 39.1 Å². The van der Waals surface area contributed by atoms with Gasteiger partial charge in [-0.25, -0.2) is 4.79 Å². The number of hydrogen-bond donors (Lipinski definition) is 1. The number of benzene rings is 3. The smallest absolute Gasteiger partial charge is 0.336 e. The number of ether oxygens (including phenoxy) is 1. The van der Waals surface area contributed by atoms with Crippen molar-refractivity contribution in [2.75, 3.05) is 7.11 Å². The van der Waals surface area contributed by atoms with Crippen LogP contribution in [0.5, 0.6) is 5.75 Å². The third kappa shape index (κ3) is 1.96. The summed E-state index contributed by atoms with van der Waals surface area (Å²) in [5.74, 6) is -0.265. The van der Waals surface area contributed by atoms with E-state index >= 15 is 0 Å². The molecule has 0 amide bonds. The summed E-state index contributed by atoms with van der Waals surface area (Å²) in [6, 6.07) is 12.4. The van der Waals surface area contributed by atoms with Gasteiger partial charge in [0.1, 0.15) is 5.75 Å². The summed E-state index contributed by atoms with van der Waals surface area (Å²) in [5, 5.41) is 13.2. The summed E-state index contributed by atoms with van der Waals surface area (Å²) in [6.45, 7) is 0. The topological polar surface area (TPSA) is 46.5 Å². The molecule has 0 saturated carbocycles. The first-order valence-corrected chi connectivity index (χ1v) is 6.41. The fourth-order valence-electron chi connectivity index (χ4n) is 2.41. The maximum absolute atomic E-state index is 11.4. The summed E-state index contributed by atoms with van der Waals surface area (Å²) in [4.78, 5) is 11.4. The number of hydrogen-bond acceptors (Lipinski definition) is 2. The van der Waals surface area contributed by atoms with Crippen molar-refractivity contribution in [1.29, 1.82) is 0 Å². The van der Waals surface area contributed by atoms with Crippen LogP contribution in [0.2, 0.25) is 5.02 Å². The molecule has 1 N–H and O–H groups in total. The van der Waals surface area contributed by atoms with Crippen molar-refractivity contribution in [3.05, 3.63) is 53.1 Å². The van der Waals surface area contributed by atoms with Crippen molar-refractivity contribution in [2.24, 2.45) is 0 Å². The zero-order valence-corrected chi connectivity index (χ0v) is 11.4. The Bertz CT molecular complexity index is 840. The summed E-state index contributed by atoms with van der Waals surface area (Å²) < 4.78 is 5.22. The van der Waals surface area contributed by atoms with Gasteiger partial charge in [-0.05, 0) is 57.9 Å². The Morgan fingerprint density at radius 3 is 2.55 bits per heavy atom.